The molecule has 0 spiro atoms. The Hall–Kier alpha value is -1.20. The maximum absolute atomic E-state index is 14.4. The van der Waals surface area contributed by atoms with E-state index in [-0.39, 0.29) is 18.0 Å². The average Bonchev–Trinajstić information content (AvgIpc) is 2.77. The van der Waals surface area contributed by atoms with E-state index in [0.29, 0.717) is 31.1 Å². The molecule has 0 amide bonds. The zero-order valence-electron chi connectivity index (χ0n) is 18.6. The van der Waals surface area contributed by atoms with Gasteiger partial charge < -0.3 is 14.2 Å². The van der Waals surface area contributed by atoms with Crippen LogP contribution in [0.5, 0.6) is 5.75 Å². The molecule has 1 saturated carbocycles. The third-order valence-electron chi connectivity index (χ3n) is 6.75. The van der Waals surface area contributed by atoms with Gasteiger partial charge in [-0.05, 0) is 56.1 Å². The molecule has 1 aromatic carbocycles. The summed E-state index contributed by atoms with van der Waals surface area (Å²) in [4.78, 5) is 0. The molecule has 170 valence electrons. The summed E-state index contributed by atoms with van der Waals surface area (Å²) in [5.74, 6) is -0.358. The van der Waals surface area contributed by atoms with Gasteiger partial charge in [0.1, 0.15) is 0 Å². The fourth-order valence-corrected chi connectivity index (χ4v) is 4.85. The topological polar surface area (TPSA) is 27.7 Å². The largest absolute Gasteiger partial charge is 0.491 e. The van der Waals surface area contributed by atoms with Crippen LogP contribution in [0.1, 0.15) is 89.5 Å². The molecule has 3 rings (SSSR count). The maximum Gasteiger partial charge on any atom is 0.200 e. The molecule has 5 heteroatoms. The number of benzene rings is 1. The Balaban J connectivity index is 1.38. The van der Waals surface area contributed by atoms with Crippen molar-refractivity contribution in [3.63, 3.8) is 0 Å². The number of hydrogen-bond acceptors (Lipinski definition) is 3. The van der Waals surface area contributed by atoms with Gasteiger partial charge in [-0.15, -0.1) is 0 Å². The first kappa shape index (κ1) is 23.5. The first-order valence-corrected chi connectivity index (χ1v) is 12.0. The molecule has 1 aliphatic heterocycles. The minimum atomic E-state index is -0.905. The molecule has 1 aromatic rings. The second-order valence-corrected chi connectivity index (χ2v) is 8.97. The van der Waals surface area contributed by atoms with Crippen molar-refractivity contribution < 1.29 is 23.0 Å². The fourth-order valence-electron chi connectivity index (χ4n) is 4.85. The van der Waals surface area contributed by atoms with Crippen LogP contribution in [0.25, 0.3) is 0 Å². The molecular formula is C25H38F2O3. The standard InChI is InChI=1S/C25H38F2O3/c1-3-5-6-7-18-8-10-19(11-9-18)16-29-23-15-12-20(17-30-23)21-13-14-22(28-4-2)25(27)24(21)26/h13-14,18-20,23H,3-12,15-17H2,1-2H3. The third kappa shape index (κ3) is 6.40. The Morgan fingerprint density at radius 1 is 0.933 bits per heavy atom. The van der Waals surface area contributed by atoms with E-state index < -0.39 is 11.6 Å². The number of rotatable bonds is 10. The molecule has 0 aromatic heterocycles. The molecular weight excluding hydrogens is 386 g/mol. The first-order valence-electron chi connectivity index (χ1n) is 12.0. The number of unbranched alkanes of at least 4 members (excludes halogenated alkanes) is 2. The van der Waals surface area contributed by atoms with E-state index in [1.54, 1.807) is 13.0 Å². The third-order valence-corrected chi connectivity index (χ3v) is 6.75. The molecule has 1 aliphatic carbocycles. The predicted octanol–water partition coefficient (Wildman–Crippen LogP) is 6.99. The van der Waals surface area contributed by atoms with Crippen LogP contribution in [0.3, 0.4) is 0 Å². The van der Waals surface area contributed by atoms with Crippen LogP contribution < -0.4 is 4.74 Å². The molecule has 1 heterocycles. The van der Waals surface area contributed by atoms with Crippen molar-refractivity contribution in [1.29, 1.82) is 0 Å². The van der Waals surface area contributed by atoms with E-state index in [9.17, 15) is 8.78 Å². The van der Waals surface area contributed by atoms with E-state index in [2.05, 4.69) is 6.92 Å². The quantitative estimate of drug-likeness (QED) is 0.379. The molecule has 3 nitrogen and oxygen atoms in total. The Morgan fingerprint density at radius 2 is 1.70 bits per heavy atom. The first-order chi connectivity index (χ1) is 14.6. The van der Waals surface area contributed by atoms with Crippen LogP contribution in [0.15, 0.2) is 12.1 Å². The van der Waals surface area contributed by atoms with Crippen molar-refractivity contribution >= 4 is 0 Å². The molecule has 0 bridgehead atoms. The van der Waals surface area contributed by atoms with Gasteiger partial charge in [-0.2, -0.15) is 4.39 Å². The van der Waals surface area contributed by atoms with Crippen LogP contribution in [0.2, 0.25) is 0 Å². The summed E-state index contributed by atoms with van der Waals surface area (Å²) in [5.41, 5.74) is 0.371. The second-order valence-electron chi connectivity index (χ2n) is 8.97. The smallest absolute Gasteiger partial charge is 0.200 e. The minimum absolute atomic E-state index is 0.0308. The second kappa shape index (κ2) is 12.0. The van der Waals surface area contributed by atoms with Crippen molar-refractivity contribution in [3.05, 3.63) is 29.3 Å². The van der Waals surface area contributed by atoms with Gasteiger partial charge in [0.05, 0.1) is 19.8 Å². The van der Waals surface area contributed by atoms with Gasteiger partial charge in [-0.3, -0.25) is 0 Å². The van der Waals surface area contributed by atoms with Crippen LogP contribution >= 0.6 is 0 Å². The van der Waals surface area contributed by atoms with Gasteiger partial charge in [0.15, 0.2) is 17.9 Å². The van der Waals surface area contributed by atoms with Crippen LogP contribution in [-0.2, 0) is 9.47 Å². The molecule has 2 atom stereocenters. The molecule has 2 aliphatic rings. The van der Waals surface area contributed by atoms with Gasteiger partial charge >= 0.3 is 0 Å². The van der Waals surface area contributed by atoms with Crippen LogP contribution in [0, 0.1) is 23.5 Å². The zero-order valence-corrected chi connectivity index (χ0v) is 18.6. The highest BCUT2D eigenvalue weighted by atomic mass is 19.2. The Labute approximate surface area is 180 Å². The minimum Gasteiger partial charge on any atom is -0.491 e. The Bertz CT molecular complexity index is 636. The van der Waals surface area contributed by atoms with E-state index in [1.807, 2.05) is 0 Å². The summed E-state index contributed by atoms with van der Waals surface area (Å²) >= 11 is 0. The van der Waals surface area contributed by atoms with E-state index in [0.717, 1.165) is 18.9 Å². The monoisotopic (exact) mass is 424 g/mol. The maximum atomic E-state index is 14.4. The molecule has 30 heavy (non-hydrogen) atoms. The van der Waals surface area contributed by atoms with Crippen LogP contribution in [-0.4, -0.2) is 26.1 Å². The lowest BCUT2D eigenvalue weighted by molar-refractivity contribution is -0.175. The summed E-state index contributed by atoms with van der Waals surface area (Å²) in [6, 6.07) is 3.13. The van der Waals surface area contributed by atoms with Crippen LogP contribution in [0.4, 0.5) is 8.78 Å². The van der Waals surface area contributed by atoms with Crippen molar-refractivity contribution in [2.45, 2.75) is 90.3 Å². The fraction of sp³-hybridized carbons (Fsp3) is 0.760. The Morgan fingerprint density at radius 3 is 2.37 bits per heavy atom. The van der Waals surface area contributed by atoms with E-state index in [1.165, 1.54) is 57.4 Å². The molecule has 0 N–H and O–H groups in total. The lowest BCUT2D eigenvalue weighted by atomic mass is 9.80. The SMILES string of the molecule is CCCCCC1CCC(COC2CCC(c3ccc(OCC)c(F)c3F)CO2)CC1. The summed E-state index contributed by atoms with van der Waals surface area (Å²) < 4.78 is 45.6. The predicted molar refractivity (Wildman–Crippen MR) is 115 cm³/mol. The highest BCUT2D eigenvalue weighted by Crippen LogP contribution is 2.35. The summed E-state index contributed by atoms with van der Waals surface area (Å²) in [5, 5.41) is 0. The van der Waals surface area contributed by atoms with Gasteiger partial charge in [0.25, 0.3) is 0 Å². The van der Waals surface area contributed by atoms with Crippen molar-refractivity contribution in [2.24, 2.45) is 11.8 Å². The number of hydrogen-bond donors (Lipinski definition) is 0. The molecule has 2 fully saturated rings. The van der Waals surface area contributed by atoms with E-state index >= 15 is 0 Å². The van der Waals surface area contributed by atoms with Gasteiger partial charge in [-0.1, -0.05) is 51.5 Å². The van der Waals surface area contributed by atoms with Gasteiger partial charge in [0.2, 0.25) is 5.82 Å². The highest BCUT2D eigenvalue weighted by Gasteiger charge is 2.29. The molecule has 2 unspecified atom stereocenters. The van der Waals surface area contributed by atoms with Gasteiger partial charge in [-0.25, -0.2) is 4.39 Å². The van der Waals surface area contributed by atoms with Crippen molar-refractivity contribution in [2.75, 3.05) is 19.8 Å². The Kier molecular flexibility index (Phi) is 9.38. The number of halogens is 2. The van der Waals surface area contributed by atoms with Gasteiger partial charge in [0, 0.05) is 5.92 Å². The molecule has 1 saturated heterocycles. The normalized spacial score (nSPS) is 27.2. The summed E-state index contributed by atoms with van der Waals surface area (Å²) in [6.07, 6.45) is 11.8. The molecule has 0 radical (unpaired) electrons. The van der Waals surface area contributed by atoms with E-state index in [4.69, 9.17) is 14.2 Å². The average molecular weight is 425 g/mol. The lowest BCUT2D eigenvalue weighted by Crippen LogP contribution is -2.30. The number of ether oxygens (including phenoxy) is 3. The zero-order chi connectivity index (χ0) is 21.3. The van der Waals surface area contributed by atoms with Crippen molar-refractivity contribution in [1.82, 2.24) is 0 Å². The lowest BCUT2D eigenvalue weighted by Gasteiger charge is -2.32. The highest BCUT2D eigenvalue weighted by molar-refractivity contribution is 5.33. The summed E-state index contributed by atoms with van der Waals surface area (Å²) in [7, 11) is 0. The van der Waals surface area contributed by atoms with Crippen molar-refractivity contribution in [3.8, 4) is 5.75 Å². The summed E-state index contributed by atoms with van der Waals surface area (Å²) in [6.45, 7) is 5.43.